The van der Waals surface area contributed by atoms with E-state index < -0.39 is 0 Å². The van der Waals surface area contributed by atoms with Crippen molar-refractivity contribution in [2.45, 2.75) is 32.6 Å². The molecule has 0 amide bonds. The van der Waals surface area contributed by atoms with Gasteiger partial charge in [-0.15, -0.1) is 0 Å². The van der Waals surface area contributed by atoms with E-state index in [1.54, 1.807) is 7.11 Å². The Morgan fingerprint density at radius 1 is 1.32 bits per heavy atom. The molecule has 19 heavy (non-hydrogen) atoms. The fraction of sp³-hybridized carbons (Fsp3) is 0.562. The number of likely N-dealkylation sites (N-methyl/N-ethyl adjacent to an activating group) is 1. The molecule has 0 bridgehead atoms. The quantitative estimate of drug-likeness (QED) is 0.739. The number of aldehydes is 1. The molecule has 0 atom stereocenters. The summed E-state index contributed by atoms with van der Waals surface area (Å²) in [4.78, 5) is 12.5. The molecule has 1 aromatic rings. The molecule has 0 aromatic heterocycles. The molecule has 0 aliphatic rings. The first kappa shape index (κ1) is 15.7. The monoisotopic (exact) mass is 263 g/mol. The second kappa shape index (κ2) is 6.71. The molecule has 0 unspecified atom stereocenters. The van der Waals surface area contributed by atoms with Crippen molar-refractivity contribution in [2.24, 2.45) is 0 Å². The minimum Gasteiger partial charge on any atom is -0.496 e. The number of benzene rings is 1. The predicted octanol–water partition coefficient (Wildman–Crippen LogP) is 2.67. The number of nitrogens with zero attached hydrogens (tertiary/aromatic N) is 1. The molecule has 0 fully saturated rings. The molecule has 1 rings (SSSR count). The van der Waals surface area contributed by atoms with Crippen molar-refractivity contribution in [3.63, 3.8) is 0 Å². The minimum atomic E-state index is 0.135. The molecule has 0 spiro atoms. The van der Waals surface area contributed by atoms with Gasteiger partial charge in [-0.1, -0.05) is 32.9 Å². The van der Waals surface area contributed by atoms with Crippen LogP contribution in [0.25, 0.3) is 0 Å². The van der Waals surface area contributed by atoms with Gasteiger partial charge in [-0.25, -0.2) is 0 Å². The first-order valence-electron chi connectivity index (χ1n) is 6.68. The Balaban J connectivity index is 2.87. The van der Waals surface area contributed by atoms with E-state index in [1.165, 1.54) is 11.1 Å². The summed E-state index contributed by atoms with van der Waals surface area (Å²) < 4.78 is 5.42. The second-order valence-corrected chi connectivity index (χ2v) is 5.96. The summed E-state index contributed by atoms with van der Waals surface area (Å²) in [5, 5.41) is 0. The summed E-state index contributed by atoms with van der Waals surface area (Å²) >= 11 is 0. The number of carbonyl (C=O) groups excluding carboxylic acids is 1. The van der Waals surface area contributed by atoms with Crippen molar-refractivity contribution in [1.29, 1.82) is 0 Å². The maximum absolute atomic E-state index is 10.5. The van der Waals surface area contributed by atoms with Crippen molar-refractivity contribution in [1.82, 2.24) is 4.90 Å². The molecule has 0 aliphatic heterocycles. The van der Waals surface area contributed by atoms with Crippen molar-refractivity contribution in [3.05, 3.63) is 29.3 Å². The van der Waals surface area contributed by atoms with Crippen LogP contribution < -0.4 is 4.74 Å². The molecule has 0 N–H and O–H groups in total. The van der Waals surface area contributed by atoms with Gasteiger partial charge in [0.15, 0.2) is 0 Å². The van der Waals surface area contributed by atoms with Crippen LogP contribution in [0.15, 0.2) is 18.2 Å². The van der Waals surface area contributed by atoms with Crippen LogP contribution in [0.5, 0.6) is 5.75 Å². The lowest BCUT2D eigenvalue weighted by Crippen LogP contribution is -2.23. The Hall–Kier alpha value is -1.35. The number of ether oxygens (including phenoxy) is 1. The fourth-order valence-corrected chi connectivity index (χ4v) is 1.97. The third-order valence-corrected chi connectivity index (χ3v) is 3.30. The molecular formula is C16H25NO2. The van der Waals surface area contributed by atoms with Crippen LogP contribution in [0.2, 0.25) is 0 Å². The zero-order valence-electron chi connectivity index (χ0n) is 12.7. The van der Waals surface area contributed by atoms with Gasteiger partial charge in [0, 0.05) is 6.54 Å². The highest BCUT2D eigenvalue weighted by Gasteiger charge is 2.16. The molecule has 3 heteroatoms. The fourth-order valence-electron chi connectivity index (χ4n) is 1.97. The summed E-state index contributed by atoms with van der Waals surface area (Å²) in [7, 11) is 3.65. The summed E-state index contributed by atoms with van der Waals surface area (Å²) in [6.45, 7) is 7.94. The highest BCUT2D eigenvalue weighted by molar-refractivity contribution is 5.51. The Bertz CT molecular complexity index is 421. The summed E-state index contributed by atoms with van der Waals surface area (Å²) in [5.74, 6) is 0.924. The van der Waals surface area contributed by atoms with Crippen molar-refractivity contribution in [3.8, 4) is 5.75 Å². The van der Waals surface area contributed by atoms with Gasteiger partial charge in [0.2, 0.25) is 0 Å². The van der Waals surface area contributed by atoms with Crippen LogP contribution in [-0.2, 0) is 16.6 Å². The summed E-state index contributed by atoms with van der Waals surface area (Å²) in [6.07, 6.45) is 1.82. The Morgan fingerprint density at radius 2 is 2.00 bits per heavy atom. The SMILES string of the molecule is COc1ccc(C(C)(C)C)cc1CCN(C)CC=O. The molecule has 0 saturated heterocycles. The largest absolute Gasteiger partial charge is 0.496 e. The van der Waals surface area contributed by atoms with Crippen molar-refractivity contribution in [2.75, 3.05) is 27.2 Å². The molecule has 0 heterocycles. The van der Waals surface area contributed by atoms with Crippen LogP contribution in [0.3, 0.4) is 0 Å². The highest BCUT2D eigenvalue weighted by Crippen LogP contribution is 2.28. The van der Waals surface area contributed by atoms with Gasteiger partial charge >= 0.3 is 0 Å². The molecule has 1 aromatic carbocycles. The number of hydrogen-bond acceptors (Lipinski definition) is 3. The third kappa shape index (κ3) is 4.67. The highest BCUT2D eigenvalue weighted by atomic mass is 16.5. The van der Waals surface area contributed by atoms with E-state index in [0.717, 1.165) is 25.0 Å². The van der Waals surface area contributed by atoms with Crippen LogP contribution in [0, 0.1) is 0 Å². The van der Waals surface area contributed by atoms with E-state index in [-0.39, 0.29) is 5.41 Å². The van der Waals surface area contributed by atoms with Gasteiger partial charge in [0.05, 0.1) is 13.7 Å². The van der Waals surface area contributed by atoms with Gasteiger partial charge in [0.1, 0.15) is 12.0 Å². The Labute approximate surface area is 116 Å². The van der Waals surface area contributed by atoms with Crippen molar-refractivity contribution >= 4 is 6.29 Å². The molecule has 3 nitrogen and oxygen atoms in total. The average Bonchev–Trinajstić information content (AvgIpc) is 2.35. The van der Waals surface area contributed by atoms with E-state index in [9.17, 15) is 4.79 Å². The minimum absolute atomic E-state index is 0.135. The van der Waals surface area contributed by atoms with E-state index >= 15 is 0 Å². The van der Waals surface area contributed by atoms with Crippen LogP contribution in [-0.4, -0.2) is 38.4 Å². The van der Waals surface area contributed by atoms with Crippen molar-refractivity contribution < 1.29 is 9.53 Å². The number of rotatable bonds is 6. The first-order valence-corrected chi connectivity index (χ1v) is 6.68. The van der Waals surface area contributed by atoms with E-state index in [2.05, 4.69) is 32.9 Å². The number of methoxy groups -OCH3 is 1. The van der Waals surface area contributed by atoms with E-state index in [0.29, 0.717) is 6.54 Å². The molecular weight excluding hydrogens is 238 g/mol. The Morgan fingerprint density at radius 3 is 2.53 bits per heavy atom. The third-order valence-electron chi connectivity index (χ3n) is 3.30. The molecule has 0 saturated carbocycles. The number of carbonyl (C=O) groups is 1. The predicted molar refractivity (Wildman–Crippen MR) is 79.0 cm³/mol. The first-order chi connectivity index (χ1) is 8.88. The van der Waals surface area contributed by atoms with Crippen LogP contribution >= 0.6 is 0 Å². The van der Waals surface area contributed by atoms with Gasteiger partial charge in [0.25, 0.3) is 0 Å². The van der Waals surface area contributed by atoms with E-state index in [4.69, 9.17) is 4.74 Å². The smallest absolute Gasteiger partial charge is 0.133 e. The van der Waals surface area contributed by atoms with Gasteiger partial charge in [-0.2, -0.15) is 0 Å². The lowest BCUT2D eigenvalue weighted by Gasteiger charge is -2.22. The standard InChI is InChI=1S/C16H25NO2/c1-16(2,3)14-6-7-15(19-5)13(12-14)8-9-17(4)10-11-18/h6-7,11-12H,8-10H2,1-5H3. The van der Waals surface area contributed by atoms with Gasteiger partial charge in [-0.3, -0.25) is 4.90 Å². The molecule has 0 radical (unpaired) electrons. The molecule has 106 valence electrons. The zero-order chi connectivity index (χ0) is 14.5. The number of hydrogen-bond donors (Lipinski definition) is 0. The lowest BCUT2D eigenvalue weighted by molar-refractivity contribution is -0.108. The Kier molecular flexibility index (Phi) is 5.55. The second-order valence-electron chi connectivity index (χ2n) is 5.96. The lowest BCUT2D eigenvalue weighted by atomic mass is 9.85. The van der Waals surface area contributed by atoms with Crippen LogP contribution in [0.1, 0.15) is 31.9 Å². The van der Waals surface area contributed by atoms with E-state index in [1.807, 2.05) is 18.0 Å². The average molecular weight is 263 g/mol. The molecule has 0 aliphatic carbocycles. The van der Waals surface area contributed by atoms with Gasteiger partial charge < -0.3 is 9.53 Å². The van der Waals surface area contributed by atoms with Gasteiger partial charge in [-0.05, 0) is 36.1 Å². The normalized spacial score (nSPS) is 11.7. The maximum atomic E-state index is 10.5. The zero-order valence-corrected chi connectivity index (χ0v) is 12.7. The summed E-state index contributed by atoms with van der Waals surface area (Å²) in [5.41, 5.74) is 2.64. The topological polar surface area (TPSA) is 29.5 Å². The summed E-state index contributed by atoms with van der Waals surface area (Å²) in [6, 6.07) is 6.38. The van der Waals surface area contributed by atoms with Crippen LogP contribution in [0.4, 0.5) is 0 Å². The maximum Gasteiger partial charge on any atom is 0.133 e.